The van der Waals surface area contributed by atoms with Crippen LogP contribution in [0.15, 0.2) is 30.3 Å². The number of halogens is 2. The number of anilines is 1. The van der Waals surface area contributed by atoms with E-state index in [2.05, 4.69) is 21.5 Å². The Morgan fingerprint density at radius 2 is 1.75 bits per heavy atom. The average molecular weight is 597 g/mol. The molecule has 0 spiro atoms. The summed E-state index contributed by atoms with van der Waals surface area (Å²) in [4.78, 5) is 17.0. The molecule has 3 aliphatic heterocycles. The molecule has 2 aromatic carbocycles. The molecule has 5 heterocycles. The first-order chi connectivity index (χ1) is 21.6. The van der Waals surface area contributed by atoms with Crippen LogP contribution in [0.25, 0.3) is 32.9 Å². The lowest BCUT2D eigenvalue weighted by Gasteiger charge is -2.31. The van der Waals surface area contributed by atoms with E-state index >= 15 is 4.39 Å². The topological polar surface area (TPSA) is 75.2 Å². The van der Waals surface area contributed by atoms with Gasteiger partial charge in [-0.1, -0.05) is 43.0 Å². The van der Waals surface area contributed by atoms with E-state index in [4.69, 9.17) is 26.1 Å². The molecule has 0 aliphatic carbocycles. The first kappa shape index (κ1) is 28.9. The second kappa shape index (κ2) is 12.3. The fraction of sp³-hybridized carbons (Fsp3) is 0.457. The van der Waals surface area contributed by atoms with Gasteiger partial charge in [-0.15, -0.1) is 6.42 Å². The normalized spacial score (nSPS) is 19.0. The zero-order valence-electron chi connectivity index (χ0n) is 25.0. The number of hydrogen-bond donors (Lipinski definition) is 2. The minimum absolute atomic E-state index is 0.00313. The standard InChI is InChI=1S/C35H38F2N6O/c1-2-24-26(36)14-13-23-10-7-11-25(28(23)24)31-30(37)32-29-27(40-31)12-5-3-4-6-17-38-18-19-39-33(29)42-34(41-32)44-22-35-15-8-20-43(35)21-9-16-35/h1,7,10-11,13-14,38H,3-6,8-9,12,15-22H2,(H,39,41,42). The Morgan fingerprint density at radius 1 is 0.909 bits per heavy atom. The second-order valence-corrected chi connectivity index (χ2v) is 12.3. The maximum Gasteiger partial charge on any atom is 0.319 e. The zero-order valence-corrected chi connectivity index (χ0v) is 25.0. The summed E-state index contributed by atoms with van der Waals surface area (Å²) in [6.07, 6.45) is 15.0. The van der Waals surface area contributed by atoms with Crippen LogP contribution in [0, 0.1) is 24.0 Å². The van der Waals surface area contributed by atoms with Crippen molar-refractivity contribution in [3.63, 3.8) is 0 Å². The number of aromatic nitrogens is 3. The third kappa shape index (κ3) is 5.24. The molecule has 9 heteroatoms. The Labute approximate surface area is 256 Å². The van der Waals surface area contributed by atoms with E-state index in [1.165, 1.54) is 6.07 Å². The van der Waals surface area contributed by atoms with E-state index in [-0.39, 0.29) is 28.3 Å². The molecule has 4 aromatic rings. The molecule has 0 amide bonds. The van der Waals surface area contributed by atoms with Crippen molar-refractivity contribution >= 4 is 27.5 Å². The second-order valence-electron chi connectivity index (χ2n) is 12.3. The van der Waals surface area contributed by atoms with E-state index in [9.17, 15) is 4.39 Å². The van der Waals surface area contributed by atoms with Gasteiger partial charge in [0.25, 0.3) is 0 Å². The van der Waals surface area contributed by atoms with E-state index in [0.717, 1.165) is 82.9 Å². The predicted molar refractivity (Wildman–Crippen MR) is 170 cm³/mol. The molecule has 2 saturated heterocycles. The molecule has 7 nitrogen and oxygen atoms in total. The van der Waals surface area contributed by atoms with Gasteiger partial charge in [-0.2, -0.15) is 9.97 Å². The number of aryl methyl sites for hydroxylation is 1. The first-order valence-corrected chi connectivity index (χ1v) is 16.0. The smallest absolute Gasteiger partial charge is 0.319 e. The number of benzene rings is 2. The van der Waals surface area contributed by atoms with E-state index in [1.807, 2.05) is 12.1 Å². The summed E-state index contributed by atoms with van der Waals surface area (Å²) in [5.74, 6) is 1.89. The van der Waals surface area contributed by atoms with Gasteiger partial charge in [-0.25, -0.2) is 13.8 Å². The van der Waals surface area contributed by atoms with Crippen molar-refractivity contribution in [2.45, 2.75) is 63.3 Å². The van der Waals surface area contributed by atoms with Crippen LogP contribution in [0.1, 0.15) is 62.6 Å². The summed E-state index contributed by atoms with van der Waals surface area (Å²) < 4.78 is 38.2. The third-order valence-corrected chi connectivity index (χ3v) is 9.63. The number of terminal acetylenes is 1. The van der Waals surface area contributed by atoms with Crippen LogP contribution in [-0.2, 0) is 6.42 Å². The SMILES string of the molecule is C#Cc1c(F)ccc2cccc(-c3nc4c5c(nc(OCC67CCCN6CCC7)nc5c3F)NCCNCCCCCC4)c12. The van der Waals surface area contributed by atoms with Crippen LogP contribution in [-0.4, -0.2) is 64.7 Å². The Balaban J connectivity index is 1.40. The van der Waals surface area contributed by atoms with Gasteiger partial charge in [0.15, 0.2) is 5.82 Å². The molecule has 228 valence electrons. The van der Waals surface area contributed by atoms with Crippen molar-refractivity contribution in [1.82, 2.24) is 25.2 Å². The number of ether oxygens (including phenoxy) is 1. The molecular formula is C35H38F2N6O. The lowest BCUT2D eigenvalue weighted by atomic mass is 9.95. The molecule has 7 rings (SSSR count). The molecule has 3 aliphatic rings. The maximum absolute atomic E-state index is 16.9. The van der Waals surface area contributed by atoms with Crippen LogP contribution in [0.5, 0.6) is 6.01 Å². The number of hydrogen-bond acceptors (Lipinski definition) is 7. The zero-order chi connectivity index (χ0) is 30.1. The van der Waals surface area contributed by atoms with Crippen LogP contribution in [0.4, 0.5) is 14.6 Å². The fourth-order valence-corrected chi connectivity index (χ4v) is 7.42. The van der Waals surface area contributed by atoms with Gasteiger partial charge in [0.05, 0.1) is 22.2 Å². The quantitative estimate of drug-likeness (QED) is 0.271. The minimum Gasteiger partial charge on any atom is -0.461 e. The van der Waals surface area contributed by atoms with Crippen LogP contribution in [0.3, 0.4) is 0 Å². The van der Waals surface area contributed by atoms with Crippen molar-refractivity contribution in [3.8, 4) is 29.6 Å². The molecule has 0 atom stereocenters. The highest BCUT2D eigenvalue weighted by molar-refractivity contribution is 6.02. The van der Waals surface area contributed by atoms with Crippen LogP contribution >= 0.6 is 0 Å². The predicted octanol–water partition coefficient (Wildman–Crippen LogP) is 6.23. The van der Waals surface area contributed by atoms with Crippen molar-refractivity contribution in [2.75, 3.05) is 44.6 Å². The monoisotopic (exact) mass is 596 g/mol. The van der Waals surface area contributed by atoms with Gasteiger partial charge in [0.1, 0.15) is 29.5 Å². The molecular weight excluding hydrogens is 558 g/mol. The van der Waals surface area contributed by atoms with Gasteiger partial charge in [-0.3, -0.25) is 4.90 Å². The molecule has 0 bridgehead atoms. The highest BCUT2D eigenvalue weighted by atomic mass is 19.1. The van der Waals surface area contributed by atoms with E-state index in [0.29, 0.717) is 47.4 Å². The van der Waals surface area contributed by atoms with Gasteiger partial charge in [0, 0.05) is 24.0 Å². The van der Waals surface area contributed by atoms with Gasteiger partial charge in [-0.05, 0) is 76.0 Å². The summed E-state index contributed by atoms with van der Waals surface area (Å²) >= 11 is 0. The number of rotatable bonds is 4. The summed E-state index contributed by atoms with van der Waals surface area (Å²) in [5, 5.41) is 8.67. The number of nitrogens with one attached hydrogen (secondary N) is 2. The lowest BCUT2D eigenvalue weighted by Crippen LogP contribution is -2.43. The van der Waals surface area contributed by atoms with Crippen LogP contribution < -0.4 is 15.4 Å². The highest BCUT2D eigenvalue weighted by Gasteiger charge is 2.45. The van der Waals surface area contributed by atoms with Gasteiger partial charge in [0.2, 0.25) is 0 Å². The Hall–Kier alpha value is -3.87. The summed E-state index contributed by atoms with van der Waals surface area (Å²) in [6.45, 7) is 4.95. The molecule has 2 fully saturated rings. The highest BCUT2D eigenvalue weighted by Crippen LogP contribution is 2.40. The van der Waals surface area contributed by atoms with Crippen molar-refractivity contribution in [2.24, 2.45) is 0 Å². The summed E-state index contributed by atoms with van der Waals surface area (Å²) in [5.41, 5.74) is 1.51. The Kier molecular flexibility index (Phi) is 8.04. The van der Waals surface area contributed by atoms with Crippen molar-refractivity contribution in [3.05, 3.63) is 53.2 Å². The van der Waals surface area contributed by atoms with E-state index < -0.39 is 11.6 Å². The average Bonchev–Trinajstić information content (AvgIpc) is 3.62. The fourth-order valence-electron chi connectivity index (χ4n) is 7.42. The van der Waals surface area contributed by atoms with E-state index in [1.54, 1.807) is 12.1 Å². The molecule has 0 radical (unpaired) electrons. The number of fused-ring (bicyclic) bond motifs is 2. The summed E-state index contributed by atoms with van der Waals surface area (Å²) in [7, 11) is 0. The van der Waals surface area contributed by atoms with Gasteiger partial charge >= 0.3 is 6.01 Å². The minimum atomic E-state index is -0.595. The Bertz CT molecular complexity index is 1740. The lowest BCUT2D eigenvalue weighted by molar-refractivity contribution is 0.108. The first-order valence-electron chi connectivity index (χ1n) is 16.0. The molecule has 0 unspecified atom stereocenters. The number of nitrogens with zero attached hydrogens (tertiary/aromatic N) is 4. The van der Waals surface area contributed by atoms with Crippen molar-refractivity contribution < 1.29 is 13.5 Å². The summed E-state index contributed by atoms with van der Waals surface area (Å²) in [6, 6.07) is 8.58. The number of pyridine rings is 1. The Morgan fingerprint density at radius 3 is 2.59 bits per heavy atom. The van der Waals surface area contributed by atoms with Crippen molar-refractivity contribution in [1.29, 1.82) is 0 Å². The molecule has 2 aromatic heterocycles. The molecule has 44 heavy (non-hydrogen) atoms. The largest absolute Gasteiger partial charge is 0.461 e. The van der Waals surface area contributed by atoms with Gasteiger partial charge < -0.3 is 15.4 Å². The maximum atomic E-state index is 16.9. The molecule has 0 saturated carbocycles. The molecule has 2 N–H and O–H groups in total. The van der Waals surface area contributed by atoms with Crippen LogP contribution in [0.2, 0.25) is 0 Å². The third-order valence-electron chi connectivity index (χ3n) is 9.63.